The highest BCUT2D eigenvalue weighted by Gasteiger charge is 2.10. The monoisotopic (exact) mass is 289 g/mol. The Hall–Kier alpha value is -0.850. The molecule has 0 spiro atoms. The summed E-state index contributed by atoms with van der Waals surface area (Å²) in [6.07, 6.45) is -0.665. The smallest absolute Gasteiger partial charge is 0.119 e. The van der Waals surface area contributed by atoms with E-state index < -0.39 is 6.10 Å². The molecule has 6 heteroatoms. The van der Waals surface area contributed by atoms with Crippen molar-refractivity contribution >= 4 is 11.6 Å². The number of aliphatic hydroxyl groups excluding tert-OH is 2. The van der Waals surface area contributed by atoms with E-state index in [1.165, 1.54) is 0 Å². The van der Waals surface area contributed by atoms with Crippen LogP contribution in [-0.2, 0) is 4.74 Å². The maximum Gasteiger partial charge on any atom is 0.119 e. The normalized spacial score (nSPS) is 14.1. The van der Waals surface area contributed by atoms with Crippen molar-refractivity contribution in [2.45, 2.75) is 12.1 Å². The number of methoxy groups -OCH3 is 1. The molecular weight excluding hydrogens is 270 g/mol. The summed E-state index contributed by atoms with van der Waals surface area (Å²) in [4.78, 5) is 0. The third-order valence-electron chi connectivity index (χ3n) is 2.49. The van der Waals surface area contributed by atoms with Gasteiger partial charge in [-0.15, -0.1) is 0 Å². The van der Waals surface area contributed by atoms with Crippen LogP contribution in [-0.4, -0.2) is 55.8 Å². The van der Waals surface area contributed by atoms with E-state index >= 15 is 0 Å². The third kappa shape index (κ3) is 6.75. The standard InChI is InChI=1S/C13H20ClNO4/c1-18-8-11(7-16)15-6-12(17)9-19-13-4-2-10(14)3-5-13/h2-5,11-12,15-17H,6-9H2,1H3. The lowest BCUT2D eigenvalue weighted by Crippen LogP contribution is -2.42. The summed E-state index contributed by atoms with van der Waals surface area (Å²) in [5, 5.41) is 22.4. The highest BCUT2D eigenvalue weighted by atomic mass is 35.5. The van der Waals surface area contributed by atoms with Crippen molar-refractivity contribution in [2.75, 3.05) is 33.5 Å². The Morgan fingerprint density at radius 3 is 2.53 bits per heavy atom. The number of aliphatic hydroxyl groups is 2. The fourth-order valence-corrected chi connectivity index (χ4v) is 1.59. The Bertz CT molecular complexity index is 347. The van der Waals surface area contributed by atoms with E-state index in [9.17, 15) is 5.11 Å². The van der Waals surface area contributed by atoms with E-state index in [-0.39, 0.29) is 19.3 Å². The van der Waals surface area contributed by atoms with Crippen molar-refractivity contribution in [3.8, 4) is 5.75 Å². The predicted octanol–water partition coefficient (Wildman–Crippen LogP) is 0.677. The Kier molecular flexibility index (Phi) is 7.78. The summed E-state index contributed by atoms with van der Waals surface area (Å²) in [6.45, 7) is 0.835. The summed E-state index contributed by atoms with van der Waals surface area (Å²) in [5.74, 6) is 0.652. The van der Waals surface area contributed by atoms with Crippen LogP contribution in [0, 0.1) is 0 Å². The van der Waals surface area contributed by atoms with Gasteiger partial charge in [-0.2, -0.15) is 0 Å². The first-order chi connectivity index (χ1) is 9.15. The molecule has 0 amide bonds. The first-order valence-corrected chi connectivity index (χ1v) is 6.43. The summed E-state index contributed by atoms with van der Waals surface area (Å²) < 4.78 is 10.3. The Balaban J connectivity index is 2.23. The Morgan fingerprint density at radius 2 is 1.95 bits per heavy atom. The zero-order valence-electron chi connectivity index (χ0n) is 10.9. The molecule has 0 radical (unpaired) electrons. The van der Waals surface area contributed by atoms with Crippen molar-refractivity contribution in [1.29, 1.82) is 0 Å². The fraction of sp³-hybridized carbons (Fsp3) is 0.538. The van der Waals surface area contributed by atoms with Crippen LogP contribution in [0.4, 0.5) is 0 Å². The predicted molar refractivity (Wildman–Crippen MR) is 73.7 cm³/mol. The summed E-state index contributed by atoms with van der Waals surface area (Å²) in [5.41, 5.74) is 0. The maximum atomic E-state index is 9.74. The van der Waals surface area contributed by atoms with Crippen LogP contribution >= 0.6 is 11.6 Å². The SMILES string of the molecule is COCC(CO)NCC(O)COc1ccc(Cl)cc1. The van der Waals surface area contributed by atoms with Gasteiger partial charge in [0, 0.05) is 18.7 Å². The maximum absolute atomic E-state index is 9.74. The lowest BCUT2D eigenvalue weighted by Gasteiger charge is -2.18. The van der Waals surface area contributed by atoms with Crippen LogP contribution in [0.25, 0.3) is 0 Å². The van der Waals surface area contributed by atoms with Crippen LogP contribution in [0.15, 0.2) is 24.3 Å². The number of benzene rings is 1. The molecule has 0 fully saturated rings. The number of hydrogen-bond donors (Lipinski definition) is 3. The molecule has 0 heterocycles. The largest absolute Gasteiger partial charge is 0.491 e. The third-order valence-corrected chi connectivity index (χ3v) is 2.74. The molecular formula is C13H20ClNO4. The van der Waals surface area contributed by atoms with Gasteiger partial charge in [0.05, 0.1) is 19.3 Å². The van der Waals surface area contributed by atoms with Crippen molar-refractivity contribution in [3.63, 3.8) is 0 Å². The van der Waals surface area contributed by atoms with Crippen LogP contribution < -0.4 is 10.1 Å². The molecule has 0 saturated heterocycles. The molecule has 1 aromatic carbocycles. The fourth-order valence-electron chi connectivity index (χ4n) is 1.46. The van der Waals surface area contributed by atoms with Gasteiger partial charge in [-0.05, 0) is 24.3 Å². The van der Waals surface area contributed by atoms with E-state index in [1.54, 1.807) is 31.4 Å². The Labute approximate surface area is 118 Å². The average Bonchev–Trinajstić information content (AvgIpc) is 2.42. The van der Waals surface area contributed by atoms with Gasteiger partial charge in [0.25, 0.3) is 0 Å². The van der Waals surface area contributed by atoms with E-state index in [0.717, 1.165) is 0 Å². The zero-order valence-corrected chi connectivity index (χ0v) is 11.6. The van der Waals surface area contributed by atoms with Gasteiger partial charge < -0.3 is 25.0 Å². The zero-order chi connectivity index (χ0) is 14.1. The van der Waals surface area contributed by atoms with Gasteiger partial charge in [0.1, 0.15) is 18.5 Å². The molecule has 2 atom stereocenters. The molecule has 0 aliphatic heterocycles. The summed E-state index contributed by atoms with van der Waals surface area (Å²) in [6, 6.07) is 6.74. The van der Waals surface area contributed by atoms with Crippen molar-refractivity contribution < 1.29 is 19.7 Å². The molecule has 5 nitrogen and oxygen atoms in total. The minimum atomic E-state index is -0.665. The van der Waals surface area contributed by atoms with Gasteiger partial charge >= 0.3 is 0 Å². The van der Waals surface area contributed by atoms with Crippen LogP contribution in [0.3, 0.4) is 0 Å². The molecule has 0 aliphatic carbocycles. The van der Waals surface area contributed by atoms with Gasteiger partial charge in [0.2, 0.25) is 0 Å². The highest BCUT2D eigenvalue weighted by molar-refractivity contribution is 6.30. The second-order valence-electron chi connectivity index (χ2n) is 4.16. The topological polar surface area (TPSA) is 71.0 Å². The van der Waals surface area contributed by atoms with E-state index in [0.29, 0.717) is 23.9 Å². The molecule has 108 valence electrons. The summed E-state index contributed by atoms with van der Waals surface area (Å²) in [7, 11) is 1.56. The molecule has 0 aromatic heterocycles. The second-order valence-corrected chi connectivity index (χ2v) is 4.60. The lowest BCUT2D eigenvalue weighted by atomic mass is 10.3. The second kappa shape index (κ2) is 9.12. The van der Waals surface area contributed by atoms with Crippen LogP contribution in [0.5, 0.6) is 5.75 Å². The highest BCUT2D eigenvalue weighted by Crippen LogP contribution is 2.15. The molecule has 2 unspecified atom stereocenters. The number of halogens is 1. The number of ether oxygens (including phenoxy) is 2. The first-order valence-electron chi connectivity index (χ1n) is 6.05. The molecule has 3 N–H and O–H groups in total. The molecule has 0 saturated carbocycles. The number of hydrogen-bond acceptors (Lipinski definition) is 5. The number of nitrogens with one attached hydrogen (secondary N) is 1. The Morgan fingerprint density at radius 1 is 1.26 bits per heavy atom. The first kappa shape index (κ1) is 16.2. The lowest BCUT2D eigenvalue weighted by molar-refractivity contribution is 0.0854. The van der Waals surface area contributed by atoms with Crippen molar-refractivity contribution in [2.24, 2.45) is 0 Å². The number of rotatable bonds is 9. The summed E-state index contributed by atoms with van der Waals surface area (Å²) >= 11 is 5.75. The van der Waals surface area contributed by atoms with E-state index in [1.807, 2.05) is 0 Å². The molecule has 19 heavy (non-hydrogen) atoms. The molecule has 0 aliphatic rings. The van der Waals surface area contributed by atoms with E-state index in [4.69, 9.17) is 26.2 Å². The average molecular weight is 290 g/mol. The van der Waals surface area contributed by atoms with Gasteiger partial charge in [0.15, 0.2) is 0 Å². The van der Waals surface area contributed by atoms with Gasteiger partial charge in [-0.1, -0.05) is 11.6 Å². The molecule has 1 rings (SSSR count). The van der Waals surface area contributed by atoms with Gasteiger partial charge in [-0.3, -0.25) is 0 Å². The minimum absolute atomic E-state index is 0.0431. The quantitative estimate of drug-likeness (QED) is 0.623. The van der Waals surface area contributed by atoms with Gasteiger partial charge in [-0.25, -0.2) is 0 Å². The van der Waals surface area contributed by atoms with E-state index in [2.05, 4.69) is 5.32 Å². The molecule has 0 bridgehead atoms. The van der Waals surface area contributed by atoms with Crippen LogP contribution in [0.1, 0.15) is 0 Å². The van der Waals surface area contributed by atoms with Crippen LogP contribution in [0.2, 0.25) is 5.02 Å². The molecule has 1 aromatic rings. The van der Waals surface area contributed by atoms with Crippen molar-refractivity contribution in [3.05, 3.63) is 29.3 Å². The minimum Gasteiger partial charge on any atom is -0.491 e. The van der Waals surface area contributed by atoms with Crippen molar-refractivity contribution in [1.82, 2.24) is 5.32 Å².